The van der Waals surface area contributed by atoms with Crippen LogP contribution in [-0.2, 0) is 13.1 Å². The number of thiazole rings is 1. The van der Waals surface area contributed by atoms with Crippen molar-refractivity contribution in [2.24, 2.45) is 4.99 Å². The van der Waals surface area contributed by atoms with Crippen molar-refractivity contribution in [1.82, 2.24) is 25.5 Å². The topological polar surface area (TPSA) is 65.4 Å². The molecule has 146 valence electrons. The summed E-state index contributed by atoms with van der Waals surface area (Å²) >= 11 is 1.74. The van der Waals surface area contributed by atoms with Gasteiger partial charge in [0.05, 0.1) is 22.9 Å². The lowest BCUT2D eigenvalue weighted by Crippen LogP contribution is -2.48. The Kier molecular flexibility index (Phi) is 7.18. The van der Waals surface area contributed by atoms with Crippen LogP contribution in [0, 0.1) is 13.8 Å². The van der Waals surface area contributed by atoms with Crippen LogP contribution in [0.2, 0.25) is 0 Å². The van der Waals surface area contributed by atoms with E-state index >= 15 is 0 Å². The first-order valence-electron chi connectivity index (χ1n) is 9.74. The highest BCUT2D eigenvalue weighted by Crippen LogP contribution is 2.18. The maximum Gasteiger partial charge on any atom is 0.191 e. The van der Waals surface area contributed by atoms with Gasteiger partial charge in [-0.3, -0.25) is 9.88 Å². The van der Waals surface area contributed by atoms with Gasteiger partial charge in [0, 0.05) is 43.3 Å². The van der Waals surface area contributed by atoms with Crippen molar-refractivity contribution in [2.75, 3.05) is 19.6 Å². The van der Waals surface area contributed by atoms with Crippen molar-refractivity contribution < 1.29 is 0 Å². The third-order valence-corrected chi connectivity index (χ3v) is 5.82. The van der Waals surface area contributed by atoms with Gasteiger partial charge in [-0.1, -0.05) is 6.07 Å². The number of likely N-dealkylation sites (tertiary alicyclic amines) is 1. The monoisotopic (exact) mass is 386 g/mol. The average molecular weight is 387 g/mol. The molecule has 7 heteroatoms. The number of pyridine rings is 1. The van der Waals surface area contributed by atoms with Gasteiger partial charge in [0.1, 0.15) is 0 Å². The highest BCUT2D eigenvalue weighted by Gasteiger charge is 2.20. The van der Waals surface area contributed by atoms with Crippen molar-refractivity contribution in [3.63, 3.8) is 0 Å². The fourth-order valence-electron chi connectivity index (χ4n) is 3.34. The van der Waals surface area contributed by atoms with E-state index in [0.717, 1.165) is 61.4 Å². The number of aryl methyl sites for hydroxylation is 2. The number of nitrogens with zero attached hydrogens (tertiary/aromatic N) is 4. The fourth-order valence-corrected chi connectivity index (χ4v) is 4.20. The van der Waals surface area contributed by atoms with Crippen molar-refractivity contribution in [3.8, 4) is 0 Å². The highest BCUT2D eigenvalue weighted by atomic mass is 32.1. The van der Waals surface area contributed by atoms with Gasteiger partial charge in [-0.2, -0.15) is 0 Å². The predicted octanol–water partition coefficient (Wildman–Crippen LogP) is 2.87. The van der Waals surface area contributed by atoms with Gasteiger partial charge in [-0.25, -0.2) is 9.98 Å². The Bertz CT molecular complexity index is 734. The summed E-state index contributed by atoms with van der Waals surface area (Å²) in [6.07, 6.45) is 4.11. The molecule has 2 N–H and O–H groups in total. The molecule has 0 unspecified atom stereocenters. The number of aromatic nitrogens is 2. The van der Waals surface area contributed by atoms with E-state index in [2.05, 4.69) is 51.5 Å². The van der Waals surface area contributed by atoms with E-state index in [4.69, 9.17) is 4.99 Å². The average Bonchev–Trinajstić information content (AvgIpc) is 2.99. The van der Waals surface area contributed by atoms with E-state index < -0.39 is 0 Å². The maximum atomic E-state index is 4.78. The number of aliphatic imine (C=N–C) groups is 1. The van der Waals surface area contributed by atoms with Crippen molar-refractivity contribution in [3.05, 3.63) is 45.7 Å². The Balaban J connectivity index is 1.50. The van der Waals surface area contributed by atoms with Crippen LogP contribution in [0.25, 0.3) is 0 Å². The molecular weight excluding hydrogens is 356 g/mol. The molecule has 3 heterocycles. The fraction of sp³-hybridized carbons (Fsp3) is 0.550. The van der Waals surface area contributed by atoms with Gasteiger partial charge in [-0.05, 0) is 45.7 Å². The Morgan fingerprint density at radius 3 is 2.74 bits per heavy atom. The molecule has 0 saturated carbocycles. The van der Waals surface area contributed by atoms with Gasteiger partial charge < -0.3 is 10.6 Å². The number of nitrogens with one attached hydrogen (secondary N) is 2. The van der Waals surface area contributed by atoms with Crippen LogP contribution in [0.5, 0.6) is 0 Å². The zero-order valence-corrected chi connectivity index (χ0v) is 17.4. The van der Waals surface area contributed by atoms with Crippen LogP contribution in [0.15, 0.2) is 29.4 Å². The van der Waals surface area contributed by atoms with Crippen LogP contribution in [0.4, 0.5) is 0 Å². The molecule has 3 rings (SSSR count). The van der Waals surface area contributed by atoms with E-state index in [0.29, 0.717) is 12.6 Å². The van der Waals surface area contributed by atoms with Crippen molar-refractivity contribution >= 4 is 17.3 Å². The normalized spacial score (nSPS) is 16.5. The van der Waals surface area contributed by atoms with Crippen LogP contribution in [0.3, 0.4) is 0 Å². The quantitative estimate of drug-likeness (QED) is 0.590. The molecule has 6 nitrogen and oxygen atoms in total. The van der Waals surface area contributed by atoms with E-state index in [1.54, 1.807) is 11.3 Å². The summed E-state index contributed by atoms with van der Waals surface area (Å²) < 4.78 is 0. The number of rotatable bonds is 6. The molecule has 1 aliphatic rings. The standard InChI is InChI=1S/C20H30N6S/c1-4-21-20(23-13-19-15(2)24-16(3)27-19)25-17-8-11-26(12-9-17)14-18-7-5-6-10-22-18/h5-7,10,17H,4,8-9,11-14H2,1-3H3,(H2,21,23,25). The Hall–Kier alpha value is -1.99. The van der Waals surface area contributed by atoms with E-state index in [1.165, 1.54) is 4.88 Å². The molecule has 0 atom stereocenters. The SMILES string of the molecule is CCNC(=NCc1sc(C)nc1C)NC1CCN(Cc2ccccn2)CC1. The third-order valence-electron chi connectivity index (χ3n) is 4.76. The largest absolute Gasteiger partial charge is 0.357 e. The number of hydrogen-bond acceptors (Lipinski definition) is 5. The maximum absolute atomic E-state index is 4.78. The van der Waals surface area contributed by atoms with E-state index in [9.17, 15) is 0 Å². The van der Waals surface area contributed by atoms with Crippen LogP contribution in [-0.4, -0.2) is 46.5 Å². The number of guanidine groups is 1. The van der Waals surface area contributed by atoms with E-state index in [-0.39, 0.29) is 0 Å². The lowest BCUT2D eigenvalue weighted by molar-refractivity contribution is 0.196. The predicted molar refractivity (Wildman–Crippen MR) is 112 cm³/mol. The van der Waals surface area contributed by atoms with Crippen molar-refractivity contribution in [1.29, 1.82) is 0 Å². The lowest BCUT2D eigenvalue weighted by Gasteiger charge is -2.32. The zero-order chi connectivity index (χ0) is 19.1. The lowest BCUT2D eigenvalue weighted by atomic mass is 10.0. The molecular formula is C20H30N6S. The summed E-state index contributed by atoms with van der Waals surface area (Å²) in [7, 11) is 0. The van der Waals surface area contributed by atoms with Gasteiger partial charge in [0.25, 0.3) is 0 Å². The van der Waals surface area contributed by atoms with Gasteiger partial charge in [0.2, 0.25) is 0 Å². The summed E-state index contributed by atoms with van der Waals surface area (Å²) in [6, 6.07) is 6.59. The summed E-state index contributed by atoms with van der Waals surface area (Å²) in [4.78, 5) is 17.4. The van der Waals surface area contributed by atoms with Crippen LogP contribution >= 0.6 is 11.3 Å². The summed E-state index contributed by atoms with van der Waals surface area (Å²) in [5.41, 5.74) is 2.24. The molecule has 0 radical (unpaired) electrons. The molecule has 0 aliphatic carbocycles. The molecule has 2 aromatic rings. The second-order valence-corrected chi connectivity index (χ2v) is 8.24. The van der Waals surface area contributed by atoms with Gasteiger partial charge in [-0.15, -0.1) is 11.3 Å². The molecule has 1 aliphatic heterocycles. The summed E-state index contributed by atoms with van der Waals surface area (Å²) in [6.45, 7) is 10.9. The van der Waals surface area contributed by atoms with Gasteiger partial charge in [0.15, 0.2) is 5.96 Å². The zero-order valence-electron chi connectivity index (χ0n) is 16.5. The van der Waals surface area contributed by atoms with Gasteiger partial charge >= 0.3 is 0 Å². The number of piperidine rings is 1. The Morgan fingerprint density at radius 1 is 1.30 bits per heavy atom. The molecule has 0 aromatic carbocycles. The smallest absolute Gasteiger partial charge is 0.191 e. The minimum absolute atomic E-state index is 0.465. The molecule has 2 aromatic heterocycles. The first-order chi connectivity index (χ1) is 13.1. The van der Waals surface area contributed by atoms with Crippen LogP contribution < -0.4 is 10.6 Å². The summed E-state index contributed by atoms with van der Waals surface area (Å²) in [5.74, 6) is 0.908. The molecule has 0 amide bonds. The molecule has 1 saturated heterocycles. The van der Waals surface area contributed by atoms with E-state index in [1.807, 2.05) is 19.2 Å². The second-order valence-electron chi connectivity index (χ2n) is 6.95. The minimum atomic E-state index is 0.465. The Morgan fingerprint density at radius 2 is 2.11 bits per heavy atom. The first kappa shape index (κ1) is 19.8. The summed E-state index contributed by atoms with van der Waals surface area (Å²) in [5, 5.41) is 8.10. The molecule has 27 heavy (non-hydrogen) atoms. The minimum Gasteiger partial charge on any atom is -0.357 e. The number of hydrogen-bond donors (Lipinski definition) is 2. The molecule has 1 fully saturated rings. The second kappa shape index (κ2) is 9.80. The van der Waals surface area contributed by atoms with Crippen molar-refractivity contribution in [2.45, 2.75) is 52.7 Å². The Labute approximate surface area is 166 Å². The molecule has 0 spiro atoms. The third kappa shape index (κ3) is 6.01. The first-order valence-corrected chi connectivity index (χ1v) is 10.6. The molecule has 0 bridgehead atoms. The van der Waals surface area contributed by atoms with Crippen LogP contribution in [0.1, 0.15) is 41.0 Å². The highest BCUT2D eigenvalue weighted by molar-refractivity contribution is 7.11.